The molecule has 2 aromatic rings. The van der Waals surface area contributed by atoms with Crippen LogP contribution in [0.15, 0.2) is 4.21 Å². The van der Waals surface area contributed by atoms with Crippen molar-refractivity contribution >= 4 is 33.9 Å². The van der Waals surface area contributed by atoms with E-state index >= 15 is 0 Å². The minimum atomic E-state index is -0.349. The number of rotatable bonds is 4. The van der Waals surface area contributed by atoms with Crippen LogP contribution in [0.5, 0.6) is 5.75 Å². The Morgan fingerprint density at radius 3 is 2.83 bits per heavy atom. The highest BCUT2D eigenvalue weighted by molar-refractivity contribution is 8.00. The van der Waals surface area contributed by atoms with Crippen LogP contribution in [-0.2, 0) is 4.74 Å². The number of thioether (sulfide) groups is 1. The zero-order valence-electron chi connectivity index (χ0n) is 10.6. The van der Waals surface area contributed by atoms with Crippen molar-refractivity contribution in [1.29, 1.82) is 0 Å². The van der Waals surface area contributed by atoms with Crippen LogP contribution < -0.4 is 4.74 Å². The summed E-state index contributed by atoms with van der Waals surface area (Å²) in [5, 5.41) is 4.34. The van der Waals surface area contributed by atoms with Crippen molar-refractivity contribution < 1.29 is 14.3 Å². The monoisotopic (exact) mass is 286 g/mol. The van der Waals surface area contributed by atoms with Crippen molar-refractivity contribution in [1.82, 2.24) is 9.61 Å². The zero-order valence-corrected chi connectivity index (χ0v) is 12.3. The molecule has 0 saturated carbocycles. The zero-order chi connectivity index (χ0) is 13.3. The molecule has 98 valence electrons. The number of ether oxygens (including phenoxy) is 2. The van der Waals surface area contributed by atoms with Gasteiger partial charge in [0.2, 0.25) is 0 Å². The molecule has 5 nitrogen and oxygen atoms in total. The number of hydrogen-bond donors (Lipinski definition) is 0. The second-order valence-corrected chi connectivity index (χ2v) is 5.57. The molecule has 2 rings (SSSR count). The maximum atomic E-state index is 12.0. The minimum Gasteiger partial charge on any atom is -0.492 e. The fourth-order valence-electron chi connectivity index (χ4n) is 1.70. The molecule has 0 aromatic carbocycles. The Morgan fingerprint density at radius 1 is 1.56 bits per heavy atom. The second-order valence-electron chi connectivity index (χ2n) is 3.50. The van der Waals surface area contributed by atoms with Crippen molar-refractivity contribution in [3.8, 4) is 5.75 Å². The van der Waals surface area contributed by atoms with Gasteiger partial charge in [0.15, 0.2) is 16.3 Å². The molecule has 0 aliphatic rings. The average Bonchev–Trinajstić information content (AvgIpc) is 2.82. The van der Waals surface area contributed by atoms with Crippen LogP contribution in [0.1, 0.15) is 23.1 Å². The van der Waals surface area contributed by atoms with Gasteiger partial charge in [0.05, 0.1) is 17.9 Å². The van der Waals surface area contributed by atoms with E-state index in [1.807, 2.05) is 13.2 Å². The number of thiazole rings is 1. The van der Waals surface area contributed by atoms with Crippen molar-refractivity contribution in [3.63, 3.8) is 0 Å². The van der Waals surface area contributed by atoms with Gasteiger partial charge in [-0.25, -0.2) is 9.31 Å². The lowest BCUT2D eigenvalue weighted by molar-refractivity contribution is 0.0513. The molecular formula is C11H14N2O3S2. The van der Waals surface area contributed by atoms with Crippen LogP contribution in [0.2, 0.25) is 0 Å². The molecule has 0 bridgehead atoms. The van der Waals surface area contributed by atoms with Gasteiger partial charge in [0.1, 0.15) is 5.69 Å². The van der Waals surface area contributed by atoms with E-state index in [1.54, 1.807) is 18.5 Å². The Labute approximate surface area is 113 Å². The molecule has 0 fully saturated rings. The van der Waals surface area contributed by atoms with Gasteiger partial charge in [0.25, 0.3) is 0 Å². The second kappa shape index (κ2) is 5.19. The van der Waals surface area contributed by atoms with Crippen LogP contribution in [-0.4, -0.2) is 35.6 Å². The highest BCUT2D eigenvalue weighted by Gasteiger charge is 2.24. The van der Waals surface area contributed by atoms with Gasteiger partial charge in [-0.3, -0.25) is 0 Å². The van der Waals surface area contributed by atoms with E-state index < -0.39 is 0 Å². The number of nitrogens with zero attached hydrogens (tertiary/aromatic N) is 2. The van der Waals surface area contributed by atoms with Gasteiger partial charge in [-0.05, 0) is 20.1 Å². The van der Waals surface area contributed by atoms with E-state index in [1.165, 1.54) is 23.1 Å². The summed E-state index contributed by atoms with van der Waals surface area (Å²) in [5.74, 6) is 0.365. The van der Waals surface area contributed by atoms with Crippen molar-refractivity contribution in [2.45, 2.75) is 18.1 Å². The van der Waals surface area contributed by atoms with E-state index in [0.29, 0.717) is 18.1 Å². The lowest BCUT2D eigenvalue weighted by atomic mass is 10.4. The molecule has 0 amide bonds. The lowest BCUT2D eigenvalue weighted by Gasteiger charge is -2.01. The van der Waals surface area contributed by atoms with Crippen LogP contribution in [0.25, 0.3) is 4.83 Å². The van der Waals surface area contributed by atoms with Gasteiger partial charge >= 0.3 is 5.97 Å². The SMILES string of the molecule is CCOC(=O)c1c(SC)sc2c(OC)c(C)nn12. The lowest BCUT2D eigenvalue weighted by Crippen LogP contribution is -2.09. The third-order valence-electron chi connectivity index (χ3n) is 2.42. The molecule has 2 heterocycles. The summed E-state index contributed by atoms with van der Waals surface area (Å²) in [4.78, 5) is 12.8. The number of aromatic nitrogens is 2. The molecular weight excluding hydrogens is 272 g/mol. The molecule has 0 aliphatic carbocycles. The summed E-state index contributed by atoms with van der Waals surface area (Å²) in [6.45, 7) is 3.99. The Bertz CT molecular complexity index is 589. The van der Waals surface area contributed by atoms with Crippen molar-refractivity contribution in [2.24, 2.45) is 0 Å². The van der Waals surface area contributed by atoms with Crippen LogP contribution in [0, 0.1) is 6.92 Å². The van der Waals surface area contributed by atoms with Crippen LogP contribution in [0.4, 0.5) is 0 Å². The molecule has 0 aliphatic heterocycles. The molecule has 0 saturated heterocycles. The normalized spacial score (nSPS) is 10.9. The number of esters is 1. The van der Waals surface area contributed by atoms with Gasteiger partial charge in [-0.15, -0.1) is 23.1 Å². The number of carbonyl (C=O) groups excluding carboxylic acids is 1. The summed E-state index contributed by atoms with van der Waals surface area (Å²) < 4.78 is 12.9. The summed E-state index contributed by atoms with van der Waals surface area (Å²) in [6.07, 6.45) is 1.92. The molecule has 18 heavy (non-hydrogen) atoms. The quantitative estimate of drug-likeness (QED) is 0.639. The Kier molecular flexibility index (Phi) is 3.82. The Balaban J connectivity index is 2.65. The highest BCUT2D eigenvalue weighted by atomic mass is 32.2. The number of methoxy groups -OCH3 is 1. The molecule has 0 atom stereocenters. The summed E-state index contributed by atoms with van der Waals surface area (Å²) in [7, 11) is 1.60. The Morgan fingerprint density at radius 2 is 2.28 bits per heavy atom. The van der Waals surface area contributed by atoms with E-state index in [-0.39, 0.29) is 5.97 Å². The first-order valence-electron chi connectivity index (χ1n) is 5.41. The highest BCUT2D eigenvalue weighted by Crippen LogP contribution is 2.37. The minimum absolute atomic E-state index is 0.349. The van der Waals surface area contributed by atoms with Gasteiger partial charge < -0.3 is 9.47 Å². The molecule has 0 radical (unpaired) electrons. The first-order valence-corrected chi connectivity index (χ1v) is 7.45. The smallest absolute Gasteiger partial charge is 0.359 e. The fraction of sp³-hybridized carbons (Fsp3) is 0.455. The van der Waals surface area contributed by atoms with Gasteiger partial charge in [-0.2, -0.15) is 5.10 Å². The maximum Gasteiger partial charge on any atom is 0.359 e. The van der Waals surface area contributed by atoms with Crippen molar-refractivity contribution in [2.75, 3.05) is 20.0 Å². The largest absolute Gasteiger partial charge is 0.492 e. The topological polar surface area (TPSA) is 52.8 Å². The van der Waals surface area contributed by atoms with E-state index in [9.17, 15) is 4.79 Å². The predicted octanol–water partition coefficient (Wildman–Crippen LogP) is 2.61. The van der Waals surface area contributed by atoms with Gasteiger partial charge in [-0.1, -0.05) is 0 Å². The first-order chi connectivity index (χ1) is 8.63. The maximum absolute atomic E-state index is 12.0. The van der Waals surface area contributed by atoms with E-state index in [2.05, 4.69) is 5.10 Å². The molecule has 2 aromatic heterocycles. The standard InChI is InChI=1S/C11H14N2O3S2/c1-5-16-10(14)7-11(17-4)18-9-8(15-3)6(2)12-13(7)9/h5H2,1-4H3. The summed E-state index contributed by atoms with van der Waals surface area (Å²) in [5.41, 5.74) is 1.25. The van der Waals surface area contributed by atoms with Gasteiger partial charge in [0, 0.05) is 0 Å². The Hall–Kier alpha value is -1.21. The van der Waals surface area contributed by atoms with Crippen molar-refractivity contribution in [3.05, 3.63) is 11.4 Å². The first kappa shape index (κ1) is 13.2. The molecule has 0 N–H and O–H groups in total. The molecule has 0 unspecified atom stereocenters. The predicted molar refractivity (Wildman–Crippen MR) is 72.1 cm³/mol. The fourth-order valence-corrected chi connectivity index (χ4v) is 3.62. The summed E-state index contributed by atoms with van der Waals surface area (Å²) in [6, 6.07) is 0. The van der Waals surface area contributed by atoms with Crippen LogP contribution in [0.3, 0.4) is 0 Å². The molecule has 7 heteroatoms. The average molecular weight is 286 g/mol. The summed E-state index contributed by atoms with van der Waals surface area (Å²) >= 11 is 2.99. The molecule has 0 spiro atoms. The number of carbonyl (C=O) groups is 1. The number of hydrogen-bond acceptors (Lipinski definition) is 6. The third-order valence-corrected chi connectivity index (χ3v) is 4.66. The van der Waals surface area contributed by atoms with E-state index in [4.69, 9.17) is 9.47 Å². The van der Waals surface area contributed by atoms with E-state index in [0.717, 1.165) is 14.7 Å². The number of aryl methyl sites for hydroxylation is 1. The third kappa shape index (κ3) is 1.97. The number of fused-ring (bicyclic) bond motifs is 1. The van der Waals surface area contributed by atoms with Crippen LogP contribution >= 0.6 is 23.1 Å².